The quantitative estimate of drug-likeness (QED) is 0.711. The van der Waals surface area contributed by atoms with Crippen molar-refractivity contribution in [1.82, 2.24) is 0 Å². The van der Waals surface area contributed by atoms with Crippen LogP contribution in [0.25, 0.3) is 0 Å². The van der Waals surface area contributed by atoms with Crippen molar-refractivity contribution in [2.45, 2.75) is 116 Å². The van der Waals surface area contributed by atoms with E-state index in [0.29, 0.717) is 6.42 Å². The highest BCUT2D eigenvalue weighted by Gasteiger charge is 2.55. The first kappa shape index (κ1) is 21.9. The minimum atomic E-state index is -0.961. The van der Waals surface area contributed by atoms with Gasteiger partial charge in [0.1, 0.15) is 18.3 Å². The average molecular weight is 402 g/mol. The summed E-state index contributed by atoms with van der Waals surface area (Å²) in [6, 6.07) is 0. The van der Waals surface area contributed by atoms with Gasteiger partial charge in [0.05, 0.1) is 24.4 Å². The number of fused-ring (bicyclic) bond motifs is 1. The maximum atomic E-state index is 11.6. The molecule has 1 N–H and O–H groups in total. The van der Waals surface area contributed by atoms with Crippen LogP contribution in [0.1, 0.15) is 54.9 Å². The lowest BCUT2D eigenvalue weighted by molar-refractivity contribution is -0.319. The van der Waals surface area contributed by atoms with Gasteiger partial charge in [-0.25, -0.2) is 0 Å². The summed E-state index contributed by atoms with van der Waals surface area (Å²) in [5.41, 5.74) is 0. The smallest absolute Gasteiger partial charge is 0.303 e. The lowest BCUT2D eigenvalue weighted by Crippen LogP contribution is -2.62. The Labute approximate surface area is 166 Å². The number of rotatable bonds is 4. The van der Waals surface area contributed by atoms with Crippen LogP contribution in [-0.2, 0) is 33.2 Å². The third-order valence-corrected chi connectivity index (χ3v) is 5.93. The van der Waals surface area contributed by atoms with Gasteiger partial charge >= 0.3 is 5.97 Å². The van der Waals surface area contributed by atoms with Crippen LogP contribution >= 0.6 is 0 Å². The van der Waals surface area contributed by atoms with Crippen molar-refractivity contribution in [3.05, 3.63) is 0 Å². The Bertz CT molecular complexity index is 566. The predicted molar refractivity (Wildman–Crippen MR) is 98.4 cm³/mol. The zero-order chi connectivity index (χ0) is 20.8. The van der Waals surface area contributed by atoms with E-state index < -0.39 is 54.7 Å². The first-order valence-electron chi connectivity index (χ1n) is 10.2. The molecule has 8 heteroatoms. The van der Waals surface area contributed by atoms with Crippen LogP contribution < -0.4 is 0 Å². The molecule has 0 spiro atoms. The van der Waals surface area contributed by atoms with E-state index in [0.717, 1.165) is 0 Å². The van der Waals surface area contributed by atoms with E-state index in [1.165, 1.54) is 6.92 Å². The number of hydrogen-bond donors (Lipinski definition) is 1. The molecular weight excluding hydrogens is 368 g/mol. The van der Waals surface area contributed by atoms with Gasteiger partial charge in [-0.1, -0.05) is 13.8 Å². The van der Waals surface area contributed by atoms with Gasteiger partial charge in [-0.15, -0.1) is 0 Å². The molecule has 0 aromatic carbocycles. The molecule has 3 fully saturated rings. The minimum absolute atomic E-state index is 0.118. The van der Waals surface area contributed by atoms with Crippen molar-refractivity contribution in [2.75, 3.05) is 0 Å². The summed E-state index contributed by atoms with van der Waals surface area (Å²) in [5.74, 6) is -1.08. The summed E-state index contributed by atoms with van der Waals surface area (Å²) in [6.45, 7) is 12.8. The molecule has 8 nitrogen and oxygen atoms in total. The van der Waals surface area contributed by atoms with Gasteiger partial charge in [-0.05, 0) is 34.1 Å². The second kappa shape index (κ2) is 8.16. The average Bonchev–Trinajstić information content (AvgIpc) is 2.93. The fourth-order valence-electron chi connectivity index (χ4n) is 4.34. The number of ether oxygens (including phenoxy) is 6. The Morgan fingerprint density at radius 2 is 1.68 bits per heavy atom. The number of hydrogen-bond acceptors (Lipinski definition) is 8. The fraction of sp³-hybridized carbons (Fsp3) is 0.950. The number of aliphatic hydroxyl groups is 1. The molecular formula is C20H34O8. The van der Waals surface area contributed by atoms with Gasteiger partial charge in [0.25, 0.3) is 0 Å². The molecule has 0 aromatic rings. The van der Waals surface area contributed by atoms with Gasteiger partial charge in [0, 0.05) is 12.8 Å². The first-order valence-corrected chi connectivity index (χ1v) is 10.2. The Kier molecular flexibility index (Phi) is 6.39. The molecule has 10 atom stereocenters. The Morgan fingerprint density at radius 3 is 2.29 bits per heavy atom. The van der Waals surface area contributed by atoms with Crippen LogP contribution in [-0.4, -0.2) is 72.0 Å². The maximum absolute atomic E-state index is 11.6. The summed E-state index contributed by atoms with van der Waals surface area (Å²) in [4.78, 5) is 11.6. The van der Waals surface area contributed by atoms with E-state index in [-0.39, 0.29) is 18.1 Å². The molecule has 0 bridgehead atoms. The molecule has 162 valence electrons. The summed E-state index contributed by atoms with van der Waals surface area (Å²) < 4.78 is 35.8. The van der Waals surface area contributed by atoms with E-state index >= 15 is 0 Å². The molecule has 3 aliphatic rings. The van der Waals surface area contributed by atoms with Crippen molar-refractivity contribution >= 4 is 5.97 Å². The number of aliphatic hydroxyl groups excluding tert-OH is 1. The Morgan fingerprint density at radius 1 is 1.04 bits per heavy atom. The van der Waals surface area contributed by atoms with Crippen LogP contribution in [0.3, 0.4) is 0 Å². The van der Waals surface area contributed by atoms with Gasteiger partial charge in [-0.2, -0.15) is 0 Å². The number of carbonyl (C=O) groups excluding carboxylic acids is 1. The normalized spacial score (nSPS) is 48.1. The SMILES string of the molecule is CC[C@@H]1OC(C)[C@H](OC(C)=O)C(O[C@@H]2OC(C)[C@H](C)[C@@H]3OC(C)(C)OC23)[C@H]1O. The van der Waals surface area contributed by atoms with Crippen LogP contribution in [0.2, 0.25) is 0 Å². The van der Waals surface area contributed by atoms with Gasteiger partial charge in [0.2, 0.25) is 0 Å². The maximum Gasteiger partial charge on any atom is 0.303 e. The number of carbonyl (C=O) groups is 1. The highest BCUT2D eigenvalue weighted by molar-refractivity contribution is 5.66. The van der Waals surface area contributed by atoms with Crippen molar-refractivity contribution in [3.8, 4) is 0 Å². The van der Waals surface area contributed by atoms with Gasteiger partial charge in [-0.3, -0.25) is 4.79 Å². The molecule has 0 radical (unpaired) electrons. The minimum Gasteiger partial charge on any atom is -0.457 e. The molecule has 4 unspecified atom stereocenters. The van der Waals surface area contributed by atoms with Gasteiger partial charge < -0.3 is 33.5 Å². The third-order valence-electron chi connectivity index (χ3n) is 5.93. The highest BCUT2D eigenvalue weighted by atomic mass is 16.8. The lowest BCUT2D eigenvalue weighted by Gasteiger charge is -2.46. The summed E-state index contributed by atoms with van der Waals surface area (Å²) in [5, 5.41) is 10.9. The molecule has 3 saturated heterocycles. The molecule has 3 rings (SSSR count). The van der Waals surface area contributed by atoms with Crippen molar-refractivity contribution in [1.29, 1.82) is 0 Å². The van der Waals surface area contributed by atoms with Crippen molar-refractivity contribution in [2.24, 2.45) is 5.92 Å². The second-order valence-electron chi connectivity index (χ2n) is 8.59. The molecule has 0 saturated carbocycles. The molecule has 0 aromatic heterocycles. The standard InChI is InChI=1S/C20H34O8/c1-8-13-14(22)17(16(11(4)23-13)25-12(5)21)26-19-18-15(9(2)10(3)24-19)27-20(6,7)28-18/h9-11,13-19,22H,8H2,1-7H3/t9-,10?,11?,13-,14-,15-,16-,17?,18?,19-/m0/s1. The molecule has 0 amide bonds. The van der Waals surface area contributed by atoms with Crippen LogP contribution in [0.4, 0.5) is 0 Å². The summed E-state index contributed by atoms with van der Waals surface area (Å²) >= 11 is 0. The number of esters is 1. The summed E-state index contributed by atoms with van der Waals surface area (Å²) in [6.07, 6.45) is -4.23. The van der Waals surface area contributed by atoms with Gasteiger partial charge in [0.15, 0.2) is 18.2 Å². The Hall–Kier alpha value is -0.770. The molecule has 3 aliphatic heterocycles. The van der Waals surface area contributed by atoms with E-state index in [2.05, 4.69) is 6.92 Å². The zero-order valence-electron chi connectivity index (χ0n) is 17.8. The fourth-order valence-corrected chi connectivity index (χ4v) is 4.34. The van der Waals surface area contributed by atoms with Crippen LogP contribution in [0, 0.1) is 5.92 Å². The third kappa shape index (κ3) is 4.22. The Balaban J connectivity index is 1.84. The van der Waals surface area contributed by atoms with Crippen LogP contribution in [0.5, 0.6) is 0 Å². The van der Waals surface area contributed by atoms with Crippen molar-refractivity contribution in [3.63, 3.8) is 0 Å². The highest BCUT2D eigenvalue weighted by Crippen LogP contribution is 2.41. The second-order valence-corrected chi connectivity index (χ2v) is 8.59. The predicted octanol–water partition coefficient (Wildman–Crippen LogP) is 1.76. The topological polar surface area (TPSA) is 92.7 Å². The monoisotopic (exact) mass is 402 g/mol. The van der Waals surface area contributed by atoms with Crippen LogP contribution in [0.15, 0.2) is 0 Å². The zero-order valence-corrected chi connectivity index (χ0v) is 17.8. The van der Waals surface area contributed by atoms with E-state index in [4.69, 9.17) is 28.4 Å². The molecule has 28 heavy (non-hydrogen) atoms. The van der Waals surface area contributed by atoms with Crippen molar-refractivity contribution < 1.29 is 38.3 Å². The molecule has 3 heterocycles. The van der Waals surface area contributed by atoms with E-state index in [1.807, 2.05) is 34.6 Å². The first-order chi connectivity index (χ1) is 13.0. The van der Waals surface area contributed by atoms with E-state index in [9.17, 15) is 9.90 Å². The largest absolute Gasteiger partial charge is 0.457 e. The van der Waals surface area contributed by atoms with E-state index in [1.54, 1.807) is 0 Å². The lowest BCUT2D eigenvalue weighted by atomic mass is 9.91. The summed E-state index contributed by atoms with van der Waals surface area (Å²) in [7, 11) is 0. The molecule has 0 aliphatic carbocycles.